The van der Waals surface area contributed by atoms with Crippen molar-refractivity contribution in [3.8, 4) is 0 Å². The van der Waals surface area contributed by atoms with E-state index in [1.807, 2.05) is 0 Å². The Labute approximate surface area is 86.4 Å². The molecule has 2 N–H and O–H groups in total. The SMILES string of the molecule is NCc1nnn(CCC2CC2)c1C(F)F. The highest BCUT2D eigenvalue weighted by molar-refractivity contribution is 5.11. The van der Waals surface area contributed by atoms with Crippen LogP contribution in [0.15, 0.2) is 0 Å². The van der Waals surface area contributed by atoms with E-state index in [0.29, 0.717) is 12.5 Å². The molecule has 0 bridgehead atoms. The van der Waals surface area contributed by atoms with E-state index < -0.39 is 6.43 Å². The number of hydrogen-bond donors (Lipinski definition) is 1. The summed E-state index contributed by atoms with van der Waals surface area (Å²) in [6.07, 6.45) is 0.788. The zero-order valence-corrected chi connectivity index (χ0v) is 8.37. The third-order valence-corrected chi connectivity index (χ3v) is 2.69. The van der Waals surface area contributed by atoms with Crippen molar-refractivity contribution in [3.63, 3.8) is 0 Å². The lowest BCUT2D eigenvalue weighted by Gasteiger charge is -2.05. The number of rotatable bonds is 5. The number of nitrogens with zero attached hydrogens (tertiary/aromatic N) is 3. The van der Waals surface area contributed by atoms with Gasteiger partial charge in [-0.15, -0.1) is 5.10 Å². The molecule has 1 aromatic heterocycles. The lowest BCUT2D eigenvalue weighted by Crippen LogP contribution is -2.09. The zero-order chi connectivity index (χ0) is 10.8. The van der Waals surface area contributed by atoms with Gasteiger partial charge in [-0.3, -0.25) is 0 Å². The van der Waals surface area contributed by atoms with Crippen LogP contribution < -0.4 is 5.73 Å². The summed E-state index contributed by atoms with van der Waals surface area (Å²) in [6.45, 7) is 0.542. The minimum atomic E-state index is -2.54. The highest BCUT2D eigenvalue weighted by atomic mass is 19.3. The number of nitrogens with two attached hydrogens (primary N) is 1. The average molecular weight is 216 g/mol. The number of aromatic nitrogens is 3. The Bertz CT molecular complexity index is 333. The molecule has 0 spiro atoms. The Balaban J connectivity index is 2.09. The van der Waals surface area contributed by atoms with Crippen LogP contribution in [0.5, 0.6) is 0 Å². The summed E-state index contributed by atoms with van der Waals surface area (Å²) in [5, 5.41) is 7.38. The van der Waals surface area contributed by atoms with Crippen molar-refractivity contribution in [1.82, 2.24) is 15.0 Å². The van der Waals surface area contributed by atoms with Crippen molar-refractivity contribution in [2.24, 2.45) is 11.7 Å². The van der Waals surface area contributed by atoms with Gasteiger partial charge in [0, 0.05) is 13.1 Å². The first-order valence-electron chi connectivity index (χ1n) is 5.13. The Morgan fingerprint density at radius 2 is 2.20 bits per heavy atom. The molecule has 0 aliphatic heterocycles. The Morgan fingerprint density at radius 1 is 1.47 bits per heavy atom. The first-order chi connectivity index (χ1) is 7.22. The predicted molar refractivity (Wildman–Crippen MR) is 50.2 cm³/mol. The van der Waals surface area contributed by atoms with E-state index in [2.05, 4.69) is 10.3 Å². The van der Waals surface area contributed by atoms with Crippen LogP contribution in [-0.2, 0) is 13.1 Å². The minimum Gasteiger partial charge on any atom is -0.325 e. The monoisotopic (exact) mass is 216 g/mol. The van der Waals surface area contributed by atoms with Crippen molar-refractivity contribution in [2.45, 2.75) is 38.8 Å². The second kappa shape index (κ2) is 4.22. The molecule has 0 saturated heterocycles. The number of halogens is 2. The second-order valence-corrected chi connectivity index (χ2v) is 3.88. The molecule has 0 unspecified atom stereocenters. The maximum absolute atomic E-state index is 12.7. The fourth-order valence-corrected chi connectivity index (χ4v) is 1.62. The molecule has 0 aromatic carbocycles. The van der Waals surface area contributed by atoms with Crippen molar-refractivity contribution >= 4 is 0 Å². The van der Waals surface area contributed by atoms with Crippen molar-refractivity contribution in [1.29, 1.82) is 0 Å². The molecule has 0 atom stereocenters. The maximum atomic E-state index is 12.7. The fourth-order valence-electron chi connectivity index (χ4n) is 1.62. The summed E-state index contributed by atoms with van der Waals surface area (Å²) in [5.74, 6) is 0.695. The Kier molecular flexibility index (Phi) is 2.95. The zero-order valence-electron chi connectivity index (χ0n) is 8.37. The Morgan fingerprint density at radius 3 is 2.73 bits per heavy atom. The van der Waals surface area contributed by atoms with Gasteiger partial charge >= 0.3 is 0 Å². The molecule has 1 fully saturated rings. The number of aryl methyl sites for hydroxylation is 1. The molecule has 6 heteroatoms. The lowest BCUT2D eigenvalue weighted by atomic mass is 10.2. The van der Waals surface area contributed by atoms with Crippen molar-refractivity contribution in [3.05, 3.63) is 11.4 Å². The molecular formula is C9H14F2N4. The van der Waals surface area contributed by atoms with E-state index in [1.54, 1.807) is 0 Å². The average Bonchev–Trinajstić information content (AvgIpc) is 2.93. The molecule has 15 heavy (non-hydrogen) atoms. The van der Waals surface area contributed by atoms with Gasteiger partial charge in [0.25, 0.3) is 6.43 Å². The van der Waals surface area contributed by atoms with Gasteiger partial charge < -0.3 is 5.73 Å². The van der Waals surface area contributed by atoms with Crippen LogP contribution in [0.25, 0.3) is 0 Å². The summed E-state index contributed by atoms with van der Waals surface area (Å²) in [6, 6.07) is 0. The highest BCUT2D eigenvalue weighted by Gasteiger charge is 2.24. The van der Waals surface area contributed by atoms with E-state index in [9.17, 15) is 8.78 Å². The molecule has 1 saturated carbocycles. The molecule has 4 nitrogen and oxygen atoms in total. The third-order valence-electron chi connectivity index (χ3n) is 2.69. The summed E-state index contributed by atoms with van der Waals surface area (Å²) >= 11 is 0. The van der Waals surface area contributed by atoms with Gasteiger partial charge in [0.2, 0.25) is 0 Å². The number of hydrogen-bond acceptors (Lipinski definition) is 3. The second-order valence-electron chi connectivity index (χ2n) is 3.88. The van der Waals surface area contributed by atoms with Crippen LogP contribution in [0.4, 0.5) is 8.78 Å². The molecule has 1 heterocycles. The van der Waals surface area contributed by atoms with Gasteiger partial charge in [-0.25, -0.2) is 13.5 Å². The molecular weight excluding hydrogens is 202 g/mol. The molecule has 1 aliphatic rings. The van der Waals surface area contributed by atoms with Gasteiger partial charge in [-0.2, -0.15) is 0 Å². The summed E-state index contributed by atoms with van der Waals surface area (Å²) in [4.78, 5) is 0. The minimum absolute atomic E-state index is 0.0170. The normalized spacial score (nSPS) is 16.3. The predicted octanol–water partition coefficient (Wildman–Crippen LogP) is 1.47. The van der Waals surface area contributed by atoms with Crippen LogP contribution in [0, 0.1) is 5.92 Å². The molecule has 0 radical (unpaired) electrons. The third kappa shape index (κ3) is 2.31. The van der Waals surface area contributed by atoms with Gasteiger partial charge in [0.15, 0.2) is 0 Å². The largest absolute Gasteiger partial charge is 0.325 e. The summed E-state index contributed by atoms with van der Waals surface area (Å²) in [7, 11) is 0. The first-order valence-corrected chi connectivity index (χ1v) is 5.13. The van der Waals surface area contributed by atoms with Crippen LogP contribution in [0.1, 0.15) is 37.1 Å². The van der Waals surface area contributed by atoms with E-state index in [0.717, 1.165) is 6.42 Å². The summed E-state index contributed by atoms with van der Waals surface area (Å²) in [5.41, 5.74) is 5.42. The van der Waals surface area contributed by atoms with Gasteiger partial charge in [0.1, 0.15) is 11.4 Å². The Hall–Kier alpha value is -1.04. The first kappa shape index (κ1) is 10.5. The molecule has 84 valence electrons. The van der Waals surface area contributed by atoms with Gasteiger partial charge in [-0.1, -0.05) is 18.1 Å². The smallest absolute Gasteiger partial charge is 0.281 e. The lowest BCUT2D eigenvalue weighted by molar-refractivity contribution is 0.137. The summed E-state index contributed by atoms with van der Waals surface area (Å²) < 4.78 is 26.7. The van der Waals surface area contributed by atoms with Gasteiger partial charge in [0.05, 0.1) is 0 Å². The topological polar surface area (TPSA) is 56.7 Å². The standard InChI is InChI=1S/C9H14F2N4/c10-9(11)8-7(5-12)13-14-15(8)4-3-6-1-2-6/h6,9H,1-5,12H2. The quantitative estimate of drug-likeness (QED) is 0.811. The van der Waals surface area contributed by atoms with E-state index in [-0.39, 0.29) is 17.9 Å². The molecule has 1 aromatic rings. The fraction of sp³-hybridized carbons (Fsp3) is 0.778. The van der Waals surface area contributed by atoms with E-state index in [1.165, 1.54) is 17.5 Å². The van der Waals surface area contributed by atoms with Crippen LogP contribution >= 0.6 is 0 Å². The van der Waals surface area contributed by atoms with E-state index in [4.69, 9.17) is 5.73 Å². The van der Waals surface area contributed by atoms with Crippen LogP contribution in [-0.4, -0.2) is 15.0 Å². The van der Waals surface area contributed by atoms with Crippen LogP contribution in [0.3, 0.4) is 0 Å². The molecule has 2 rings (SSSR count). The van der Waals surface area contributed by atoms with Crippen molar-refractivity contribution < 1.29 is 8.78 Å². The molecule has 0 amide bonds. The van der Waals surface area contributed by atoms with Gasteiger partial charge in [-0.05, 0) is 12.3 Å². The number of alkyl halides is 2. The highest BCUT2D eigenvalue weighted by Crippen LogP contribution is 2.33. The van der Waals surface area contributed by atoms with E-state index >= 15 is 0 Å². The van der Waals surface area contributed by atoms with Crippen molar-refractivity contribution in [2.75, 3.05) is 0 Å². The maximum Gasteiger partial charge on any atom is 0.281 e. The molecule has 1 aliphatic carbocycles. The van der Waals surface area contributed by atoms with Crippen LogP contribution in [0.2, 0.25) is 0 Å².